The second-order valence-corrected chi connectivity index (χ2v) is 4.98. The number of para-hydroxylation sites is 1. The molecule has 1 aliphatic carbocycles. The lowest BCUT2D eigenvalue weighted by atomic mass is 9.83. The highest BCUT2D eigenvalue weighted by Crippen LogP contribution is 2.30. The van der Waals surface area contributed by atoms with Crippen molar-refractivity contribution in [1.82, 2.24) is 5.32 Å². The minimum atomic E-state index is 0.343. The van der Waals surface area contributed by atoms with Gasteiger partial charge in [-0.15, -0.1) is 0 Å². The summed E-state index contributed by atoms with van der Waals surface area (Å²) < 4.78 is 5.93. The van der Waals surface area contributed by atoms with E-state index >= 15 is 0 Å². The number of hydrogen-bond donors (Lipinski definition) is 1. The van der Waals surface area contributed by atoms with Crippen LogP contribution in [0, 0.1) is 5.92 Å². The van der Waals surface area contributed by atoms with Crippen LogP contribution in [-0.2, 0) is 0 Å². The van der Waals surface area contributed by atoms with E-state index in [1.54, 1.807) is 0 Å². The molecule has 0 heterocycles. The fraction of sp³-hybridized carbons (Fsp3) is 0.600. The van der Waals surface area contributed by atoms with E-state index in [1.165, 1.54) is 31.2 Å². The molecule has 0 radical (unpaired) electrons. The Morgan fingerprint density at radius 3 is 2.76 bits per heavy atom. The third kappa shape index (κ3) is 3.22. The van der Waals surface area contributed by atoms with Crippen molar-refractivity contribution in [3.8, 4) is 5.75 Å². The van der Waals surface area contributed by atoms with Crippen molar-refractivity contribution in [2.45, 2.75) is 38.6 Å². The Kier molecular flexibility index (Phi) is 4.43. The molecule has 2 rings (SSSR count). The molecule has 17 heavy (non-hydrogen) atoms. The lowest BCUT2D eigenvalue weighted by Crippen LogP contribution is -2.16. The highest BCUT2D eigenvalue weighted by Gasteiger charge is 2.17. The van der Waals surface area contributed by atoms with Gasteiger partial charge in [0.15, 0.2) is 0 Å². The second-order valence-electron chi connectivity index (χ2n) is 4.98. The predicted molar refractivity (Wildman–Crippen MR) is 71.4 cm³/mol. The van der Waals surface area contributed by atoms with Crippen molar-refractivity contribution in [2.24, 2.45) is 5.92 Å². The van der Waals surface area contributed by atoms with Crippen LogP contribution in [0.15, 0.2) is 24.3 Å². The van der Waals surface area contributed by atoms with Crippen LogP contribution in [0.2, 0.25) is 0 Å². The Morgan fingerprint density at radius 1 is 1.35 bits per heavy atom. The minimum Gasteiger partial charge on any atom is -0.493 e. The smallest absolute Gasteiger partial charge is 0.124 e. The predicted octanol–water partition coefficient (Wildman–Crippen LogP) is 3.54. The summed E-state index contributed by atoms with van der Waals surface area (Å²) in [5, 5.41) is 3.26. The SMILES string of the molecule is CNC(C)c1ccccc1OCCC1CCC1. The first-order valence-corrected chi connectivity index (χ1v) is 6.70. The van der Waals surface area contributed by atoms with Gasteiger partial charge in [-0.05, 0) is 32.4 Å². The van der Waals surface area contributed by atoms with E-state index in [2.05, 4.69) is 30.4 Å². The number of nitrogens with one attached hydrogen (secondary N) is 1. The van der Waals surface area contributed by atoms with Crippen LogP contribution in [0.25, 0.3) is 0 Å². The molecular formula is C15H23NO. The Bertz CT molecular complexity index is 347. The number of ether oxygens (including phenoxy) is 1. The molecule has 0 saturated heterocycles. The molecule has 94 valence electrons. The molecule has 0 bridgehead atoms. The lowest BCUT2D eigenvalue weighted by molar-refractivity contribution is 0.220. The molecule has 1 atom stereocenters. The monoisotopic (exact) mass is 233 g/mol. The van der Waals surface area contributed by atoms with Gasteiger partial charge in [-0.25, -0.2) is 0 Å². The standard InChI is InChI=1S/C15H23NO/c1-12(16-2)14-8-3-4-9-15(14)17-11-10-13-6-5-7-13/h3-4,8-9,12-13,16H,5-7,10-11H2,1-2H3. The minimum absolute atomic E-state index is 0.343. The molecule has 1 unspecified atom stereocenters. The third-order valence-electron chi connectivity index (χ3n) is 3.83. The van der Waals surface area contributed by atoms with Crippen LogP contribution >= 0.6 is 0 Å². The van der Waals surface area contributed by atoms with Crippen molar-refractivity contribution >= 4 is 0 Å². The van der Waals surface area contributed by atoms with Gasteiger partial charge in [-0.3, -0.25) is 0 Å². The first-order valence-electron chi connectivity index (χ1n) is 6.70. The van der Waals surface area contributed by atoms with E-state index < -0.39 is 0 Å². The van der Waals surface area contributed by atoms with Crippen LogP contribution in [0.3, 0.4) is 0 Å². The average Bonchev–Trinajstić information content (AvgIpc) is 2.32. The zero-order valence-corrected chi connectivity index (χ0v) is 10.9. The highest BCUT2D eigenvalue weighted by atomic mass is 16.5. The van der Waals surface area contributed by atoms with Gasteiger partial charge in [0.2, 0.25) is 0 Å². The molecule has 1 N–H and O–H groups in total. The molecule has 2 nitrogen and oxygen atoms in total. The molecule has 1 aromatic rings. The van der Waals surface area contributed by atoms with Crippen LogP contribution in [-0.4, -0.2) is 13.7 Å². The summed E-state index contributed by atoms with van der Waals surface area (Å²) in [4.78, 5) is 0. The Hall–Kier alpha value is -1.02. The first-order chi connectivity index (χ1) is 8.31. The third-order valence-corrected chi connectivity index (χ3v) is 3.83. The fourth-order valence-corrected chi connectivity index (χ4v) is 2.24. The zero-order valence-electron chi connectivity index (χ0n) is 10.9. The van der Waals surface area contributed by atoms with Gasteiger partial charge < -0.3 is 10.1 Å². The number of hydrogen-bond acceptors (Lipinski definition) is 2. The molecule has 1 saturated carbocycles. The van der Waals surface area contributed by atoms with E-state index in [0.717, 1.165) is 18.3 Å². The van der Waals surface area contributed by atoms with Crippen LogP contribution in [0.4, 0.5) is 0 Å². The summed E-state index contributed by atoms with van der Waals surface area (Å²) in [6.07, 6.45) is 5.43. The Labute approximate surface area is 104 Å². The zero-order chi connectivity index (χ0) is 12.1. The van der Waals surface area contributed by atoms with Gasteiger partial charge in [-0.2, -0.15) is 0 Å². The molecule has 0 amide bonds. The van der Waals surface area contributed by atoms with Gasteiger partial charge in [0.05, 0.1) is 6.61 Å². The molecule has 0 aliphatic heterocycles. The van der Waals surface area contributed by atoms with Crippen molar-refractivity contribution in [1.29, 1.82) is 0 Å². The number of rotatable bonds is 6. The van der Waals surface area contributed by atoms with Gasteiger partial charge in [0.25, 0.3) is 0 Å². The van der Waals surface area contributed by atoms with Crippen molar-refractivity contribution in [3.63, 3.8) is 0 Å². The van der Waals surface area contributed by atoms with Crippen molar-refractivity contribution < 1.29 is 4.74 Å². The van der Waals surface area contributed by atoms with Crippen molar-refractivity contribution in [2.75, 3.05) is 13.7 Å². The summed E-state index contributed by atoms with van der Waals surface area (Å²) in [5.74, 6) is 1.96. The maximum atomic E-state index is 5.93. The maximum absolute atomic E-state index is 5.93. The molecule has 1 aliphatic rings. The lowest BCUT2D eigenvalue weighted by Gasteiger charge is -2.25. The summed E-state index contributed by atoms with van der Waals surface area (Å²) in [6.45, 7) is 3.02. The Morgan fingerprint density at radius 2 is 2.12 bits per heavy atom. The fourth-order valence-electron chi connectivity index (χ4n) is 2.24. The Balaban J connectivity index is 1.89. The van der Waals surface area contributed by atoms with E-state index in [0.29, 0.717) is 6.04 Å². The van der Waals surface area contributed by atoms with Gasteiger partial charge in [0.1, 0.15) is 5.75 Å². The average molecular weight is 233 g/mol. The summed E-state index contributed by atoms with van der Waals surface area (Å²) in [6, 6.07) is 8.67. The summed E-state index contributed by atoms with van der Waals surface area (Å²) >= 11 is 0. The van der Waals surface area contributed by atoms with Crippen LogP contribution < -0.4 is 10.1 Å². The summed E-state index contributed by atoms with van der Waals surface area (Å²) in [5.41, 5.74) is 1.25. The van der Waals surface area contributed by atoms with E-state index in [4.69, 9.17) is 4.74 Å². The quantitative estimate of drug-likeness (QED) is 0.811. The molecular weight excluding hydrogens is 210 g/mol. The second kappa shape index (κ2) is 6.06. The normalized spacial score (nSPS) is 17.5. The van der Waals surface area contributed by atoms with Crippen LogP contribution in [0.5, 0.6) is 5.75 Å². The van der Waals surface area contributed by atoms with Crippen LogP contribution in [0.1, 0.15) is 44.2 Å². The molecule has 2 heteroatoms. The van der Waals surface area contributed by atoms with E-state index in [1.807, 2.05) is 13.1 Å². The highest BCUT2D eigenvalue weighted by molar-refractivity contribution is 5.35. The topological polar surface area (TPSA) is 21.3 Å². The number of benzene rings is 1. The first kappa shape index (κ1) is 12.4. The molecule has 1 aromatic carbocycles. The van der Waals surface area contributed by atoms with Gasteiger partial charge in [0, 0.05) is 11.6 Å². The maximum Gasteiger partial charge on any atom is 0.124 e. The van der Waals surface area contributed by atoms with E-state index in [-0.39, 0.29) is 0 Å². The largest absolute Gasteiger partial charge is 0.493 e. The molecule has 1 fully saturated rings. The van der Waals surface area contributed by atoms with E-state index in [9.17, 15) is 0 Å². The van der Waals surface area contributed by atoms with Crippen molar-refractivity contribution in [3.05, 3.63) is 29.8 Å². The summed E-state index contributed by atoms with van der Waals surface area (Å²) in [7, 11) is 1.98. The van der Waals surface area contributed by atoms with Gasteiger partial charge in [-0.1, -0.05) is 37.5 Å². The molecule has 0 aromatic heterocycles. The van der Waals surface area contributed by atoms with Gasteiger partial charge >= 0.3 is 0 Å². The molecule has 0 spiro atoms.